The number of nitrogens with zero attached hydrogens (tertiary/aromatic N) is 1. The topological polar surface area (TPSA) is 74.7 Å². The molecule has 3 rings (SSSR count). The summed E-state index contributed by atoms with van der Waals surface area (Å²) in [7, 11) is 0. The number of carboxylic acid groups (broad SMARTS) is 1. The van der Waals surface area contributed by atoms with Gasteiger partial charge in [0.05, 0.1) is 22.4 Å². The molecule has 2 aromatic carbocycles. The number of anilines is 1. The number of rotatable bonds is 6. The van der Waals surface area contributed by atoms with Gasteiger partial charge in [0.1, 0.15) is 0 Å². The Morgan fingerprint density at radius 3 is 2.33 bits per heavy atom. The number of carbonyl (C=O) groups excluding carboxylic acids is 2. The number of hydrogen-bond acceptors (Lipinski definition) is 3. The highest BCUT2D eigenvalue weighted by molar-refractivity contribution is 6.36. The molecule has 0 atom stereocenters. The summed E-state index contributed by atoms with van der Waals surface area (Å²) in [5, 5.41) is 9.44. The lowest BCUT2D eigenvalue weighted by molar-refractivity contribution is 0.0692. The number of aromatic carboxylic acids is 1. The number of carbonyl (C=O) groups is 3. The normalized spacial score (nSPS) is 13.0. The Kier molecular flexibility index (Phi) is 4.95. The van der Waals surface area contributed by atoms with Crippen molar-refractivity contribution in [2.24, 2.45) is 0 Å². The van der Waals surface area contributed by atoms with Crippen LogP contribution in [0.3, 0.4) is 0 Å². The molecule has 0 radical (unpaired) electrons. The highest BCUT2D eigenvalue weighted by atomic mass is 16.4. The zero-order valence-corrected chi connectivity index (χ0v) is 15.4. The minimum atomic E-state index is -1.22. The summed E-state index contributed by atoms with van der Waals surface area (Å²) < 4.78 is 0. The third-order valence-electron chi connectivity index (χ3n) is 4.94. The van der Waals surface area contributed by atoms with Crippen molar-refractivity contribution in [3.63, 3.8) is 0 Å². The van der Waals surface area contributed by atoms with E-state index in [0.717, 1.165) is 28.0 Å². The molecule has 0 aliphatic carbocycles. The van der Waals surface area contributed by atoms with Crippen LogP contribution in [0.4, 0.5) is 5.69 Å². The lowest BCUT2D eigenvalue weighted by Gasteiger charge is -2.23. The van der Waals surface area contributed by atoms with Crippen molar-refractivity contribution in [2.45, 2.75) is 33.1 Å². The van der Waals surface area contributed by atoms with Crippen molar-refractivity contribution in [1.29, 1.82) is 0 Å². The van der Waals surface area contributed by atoms with Gasteiger partial charge in [-0.05, 0) is 48.1 Å². The summed E-state index contributed by atoms with van der Waals surface area (Å²) >= 11 is 0. The standard InChI is InChI=1S/C22H21NO4/c1-4-8-15-13(5-2)11-12-14(6-3)19(15)23-20(24)16-9-7-10-17(22(26)27)18(16)21(23)25/h4,7,9-12H,1,5-6,8H2,2-3H3,(H,26,27). The van der Waals surface area contributed by atoms with Crippen molar-refractivity contribution in [2.75, 3.05) is 4.90 Å². The highest BCUT2D eigenvalue weighted by Gasteiger charge is 2.41. The Morgan fingerprint density at radius 2 is 1.74 bits per heavy atom. The highest BCUT2D eigenvalue weighted by Crippen LogP contribution is 2.37. The molecule has 1 aliphatic rings. The maximum Gasteiger partial charge on any atom is 0.336 e. The third-order valence-corrected chi connectivity index (χ3v) is 4.94. The van der Waals surface area contributed by atoms with Crippen molar-refractivity contribution < 1.29 is 19.5 Å². The van der Waals surface area contributed by atoms with Crippen LogP contribution in [-0.2, 0) is 19.3 Å². The van der Waals surface area contributed by atoms with E-state index >= 15 is 0 Å². The Labute approximate surface area is 157 Å². The number of amides is 2. The fourth-order valence-corrected chi connectivity index (χ4v) is 3.66. The second-order valence-electron chi connectivity index (χ2n) is 6.39. The number of carboxylic acids is 1. The fraction of sp³-hybridized carbons (Fsp3) is 0.227. The maximum absolute atomic E-state index is 13.2. The summed E-state index contributed by atoms with van der Waals surface area (Å²) in [6, 6.07) is 8.30. The molecule has 1 N–H and O–H groups in total. The van der Waals surface area contributed by atoms with Gasteiger partial charge in [0.25, 0.3) is 11.8 Å². The molecule has 5 nitrogen and oxygen atoms in total. The largest absolute Gasteiger partial charge is 0.478 e. The smallest absolute Gasteiger partial charge is 0.336 e. The van der Waals surface area contributed by atoms with Crippen LogP contribution in [-0.4, -0.2) is 22.9 Å². The summed E-state index contributed by atoms with van der Waals surface area (Å²) in [5.74, 6) is -2.29. The van der Waals surface area contributed by atoms with Crippen LogP contribution in [0.25, 0.3) is 0 Å². The van der Waals surface area contributed by atoms with Crippen molar-refractivity contribution in [1.82, 2.24) is 0 Å². The number of allylic oxidation sites excluding steroid dienone is 1. The predicted octanol–water partition coefficient (Wildman–Crippen LogP) is 4.04. The molecule has 0 bridgehead atoms. The van der Waals surface area contributed by atoms with Gasteiger partial charge in [-0.15, -0.1) is 6.58 Å². The molecule has 0 saturated heterocycles. The summed E-state index contributed by atoms with van der Waals surface area (Å²) in [6.45, 7) is 7.78. The number of imide groups is 1. The molecular weight excluding hydrogens is 342 g/mol. The molecule has 27 heavy (non-hydrogen) atoms. The molecule has 0 aromatic heterocycles. The average Bonchev–Trinajstić information content (AvgIpc) is 2.92. The second-order valence-corrected chi connectivity index (χ2v) is 6.39. The van der Waals surface area contributed by atoms with Crippen LogP contribution in [0.2, 0.25) is 0 Å². The molecule has 0 saturated carbocycles. The predicted molar refractivity (Wildman–Crippen MR) is 104 cm³/mol. The van der Waals surface area contributed by atoms with Crippen molar-refractivity contribution in [3.8, 4) is 0 Å². The molecule has 5 heteroatoms. The lowest BCUT2D eigenvalue weighted by Crippen LogP contribution is -2.32. The molecule has 0 spiro atoms. The van der Waals surface area contributed by atoms with E-state index in [9.17, 15) is 19.5 Å². The molecule has 1 heterocycles. The van der Waals surface area contributed by atoms with Crippen LogP contribution in [0, 0.1) is 0 Å². The number of benzene rings is 2. The first-order valence-corrected chi connectivity index (χ1v) is 8.95. The first-order chi connectivity index (χ1) is 13.0. The van der Waals surface area contributed by atoms with Crippen LogP contribution in [0.1, 0.15) is 61.6 Å². The van der Waals surface area contributed by atoms with Crippen LogP contribution in [0.5, 0.6) is 0 Å². The van der Waals surface area contributed by atoms with Crippen LogP contribution < -0.4 is 4.90 Å². The molecular formula is C22H21NO4. The van der Waals surface area contributed by atoms with Crippen LogP contribution >= 0.6 is 0 Å². The summed E-state index contributed by atoms with van der Waals surface area (Å²) in [6.07, 6.45) is 3.66. The van der Waals surface area contributed by atoms with E-state index in [4.69, 9.17) is 0 Å². The summed E-state index contributed by atoms with van der Waals surface area (Å²) in [5.41, 5.74) is 3.31. The molecule has 2 aromatic rings. The van der Waals surface area contributed by atoms with E-state index in [0.29, 0.717) is 18.5 Å². The lowest BCUT2D eigenvalue weighted by atomic mass is 9.94. The third kappa shape index (κ3) is 2.85. The number of hydrogen-bond donors (Lipinski definition) is 1. The monoisotopic (exact) mass is 363 g/mol. The first kappa shape index (κ1) is 18.6. The maximum atomic E-state index is 13.2. The average molecular weight is 363 g/mol. The van der Waals surface area contributed by atoms with E-state index in [-0.39, 0.29) is 16.7 Å². The van der Waals surface area contributed by atoms with Gasteiger partial charge in [-0.1, -0.05) is 38.1 Å². The fourth-order valence-electron chi connectivity index (χ4n) is 3.66. The zero-order valence-electron chi connectivity index (χ0n) is 15.4. The number of fused-ring (bicyclic) bond motifs is 1. The molecule has 0 unspecified atom stereocenters. The van der Waals surface area contributed by atoms with E-state index in [1.165, 1.54) is 18.2 Å². The zero-order chi connectivity index (χ0) is 19.7. The van der Waals surface area contributed by atoms with E-state index in [2.05, 4.69) is 6.58 Å². The minimum Gasteiger partial charge on any atom is -0.478 e. The van der Waals surface area contributed by atoms with Crippen molar-refractivity contribution in [3.05, 3.63) is 76.4 Å². The Hall–Kier alpha value is -3.21. The summed E-state index contributed by atoms with van der Waals surface area (Å²) in [4.78, 5) is 39.0. The van der Waals surface area contributed by atoms with Gasteiger partial charge in [0.15, 0.2) is 0 Å². The van der Waals surface area contributed by atoms with Gasteiger partial charge in [0, 0.05) is 0 Å². The number of aryl methyl sites for hydroxylation is 2. The molecule has 138 valence electrons. The van der Waals surface area contributed by atoms with E-state index < -0.39 is 17.8 Å². The van der Waals surface area contributed by atoms with Crippen molar-refractivity contribution >= 4 is 23.5 Å². The Balaban J connectivity index is 2.28. The minimum absolute atomic E-state index is 0.0384. The molecule has 1 aliphatic heterocycles. The molecule has 2 amide bonds. The van der Waals surface area contributed by atoms with Gasteiger partial charge in [-0.3, -0.25) is 9.59 Å². The first-order valence-electron chi connectivity index (χ1n) is 8.95. The van der Waals surface area contributed by atoms with Gasteiger partial charge in [-0.2, -0.15) is 0 Å². The second kappa shape index (κ2) is 7.19. The Morgan fingerprint density at radius 1 is 1.07 bits per heavy atom. The SMILES string of the molecule is C=CCc1c(CC)ccc(CC)c1N1C(=O)c2cccc(C(=O)O)c2C1=O. The Bertz CT molecular complexity index is 975. The quantitative estimate of drug-likeness (QED) is 0.621. The van der Waals surface area contributed by atoms with Gasteiger partial charge < -0.3 is 5.11 Å². The van der Waals surface area contributed by atoms with E-state index in [1.54, 1.807) is 6.08 Å². The van der Waals surface area contributed by atoms with Gasteiger partial charge in [0.2, 0.25) is 0 Å². The van der Waals surface area contributed by atoms with Crippen LogP contribution in [0.15, 0.2) is 43.0 Å². The molecule has 0 fully saturated rings. The van der Waals surface area contributed by atoms with Gasteiger partial charge >= 0.3 is 5.97 Å². The van der Waals surface area contributed by atoms with Gasteiger partial charge in [-0.25, -0.2) is 9.69 Å². The van der Waals surface area contributed by atoms with E-state index in [1.807, 2.05) is 26.0 Å².